The predicted octanol–water partition coefficient (Wildman–Crippen LogP) is 2.00. The van der Waals surface area contributed by atoms with E-state index in [0.717, 1.165) is 5.06 Å². The van der Waals surface area contributed by atoms with Gasteiger partial charge in [0.15, 0.2) is 0 Å². The Hall–Kier alpha value is -2.48. The normalized spacial score (nSPS) is 17.5. The number of anilines is 1. The van der Waals surface area contributed by atoms with Crippen molar-refractivity contribution in [3.63, 3.8) is 0 Å². The zero-order chi connectivity index (χ0) is 17.2. The van der Waals surface area contributed by atoms with Gasteiger partial charge in [0, 0.05) is 5.56 Å². The van der Waals surface area contributed by atoms with Crippen LogP contribution in [0.5, 0.6) is 0 Å². The predicted molar refractivity (Wildman–Crippen MR) is 81.1 cm³/mol. The van der Waals surface area contributed by atoms with Crippen LogP contribution in [0.2, 0.25) is 0 Å². The number of carbonyl (C=O) groups excluding carboxylic acids is 1. The average Bonchev–Trinajstić information content (AvgIpc) is 2.74. The van der Waals surface area contributed by atoms with Gasteiger partial charge in [-0.2, -0.15) is 5.10 Å². The summed E-state index contributed by atoms with van der Waals surface area (Å²) in [5.74, 6) is -1.90. The molecule has 1 aromatic rings. The van der Waals surface area contributed by atoms with Gasteiger partial charge in [-0.05, 0) is 32.9 Å². The van der Waals surface area contributed by atoms with Crippen molar-refractivity contribution in [2.45, 2.75) is 27.3 Å². The zero-order valence-corrected chi connectivity index (χ0v) is 13.1. The zero-order valence-electron chi connectivity index (χ0n) is 13.1. The fourth-order valence-corrected chi connectivity index (χ4v) is 1.91. The lowest BCUT2D eigenvalue weighted by Crippen LogP contribution is -2.30. The fraction of sp³-hybridized carbons (Fsp3) is 0.400. The number of hydrogen-bond donors (Lipinski definition) is 2. The molecule has 124 valence electrons. The number of hydroxylamine groups is 2. The summed E-state index contributed by atoms with van der Waals surface area (Å²) in [6, 6.07) is 4.22. The number of carboxylic acid groups (broad SMARTS) is 1. The molecule has 8 heteroatoms. The maximum Gasteiger partial charge on any atom is 0.351 e. The van der Waals surface area contributed by atoms with Crippen molar-refractivity contribution < 1.29 is 23.9 Å². The Morgan fingerprint density at radius 2 is 2.22 bits per heavy atom. The smallest absolute Gasteiger partial charge is 0.351 e. The number of hydrogen-bond acceptors (Lipinski definition) is 5. The molecule has 0 bridgehead atoms. The lowest BCUT2D eigenvalue weighted by Gasteiger charge is -2.17. The van der Waals surface area contributed by atoms with Crippen LogP contribution in [-0.4, -0.2) is 34.4 Å². The summed E-state index contributed by atoms with van der Waals surface area (Å²) in [5.41, 5.74) is 2.31. The maximum atomic E-state index is 14.1. The van der Waals surface area contributed by atoms with Crippen LogP contribution in [0.4, 0.5) is 10.1 Å². The molecule has 1 heterocycles. The number of carbonyl (C=O) groups is 2. The molecule has 1 aliphatic rings. The molecule has 1 aliphatic heterocycles. The number of aliphatic carboxylic acids is 1. The van der Waals surface area contributed by atoms with Gasteiger partial charge in [-0.15, -0.1) is 0 Å². The summed E-state index contributed by atoms with van der Waals surface area (Å²) in [6.45, 7) is 5.11. The molecule has 0 radical (unpaired) electrons. The van der Waals surface area contributed by atoms with Gasteiger partial charge in [-0.1, -0.05) is 6.07 Å². The summed E-state index contributed by atoms with van der Waals surface area (Å²) in [5, 5.41) is 13.5. The molecular weight excluding hydrogens is 305 g/mol. The molecule has 0 atom stereocenters. The molecule has 0 aliphatic carbocycles. The lowest BCUT2D eigenvalue weighted by molar-refractivity contribution is -0.165. The van der Waals surface area contributed by atoms with Gasteiger partial charge < -0.3 is 5.11 Å². The third kappa shape index (κ3) is 3.84. The van der Waals surface area contributed by atoms with Crippen molar-refractivity contribution >= 4 is 23.3 Å². The quantitative estimate of drug-likeness (QED) is 0.639. The third-order valence-electron chi connectivity index (χ3n) is 3.42. The van der Waals surface area contributed by atoms with Crippen LogP contribution >= 0.6 is 0 Å². The minimum absolute atomic E-state index is 0.00575. The van der Waals surface area contributed by atoms with E-state index in [2.05, 4.69) is 10.5 Å². The summed E-state index contributed by atoms with van der Waals surface area (Å²) in [6.07, 6.45) is 0. The number of carboxylic acids is 1. The first kappa shape index (κ1) is 16.9. The first-order valence-electron chi connectivity index (χ1n) is 6.97. The second kappa shape index (κ2) is 6.33. The SMILES string of the molecule is CC(=NNc1ccc(CN2OCC(C)(C)C2=O)c(F)c1)C(=O)O. The maximum absolute atomic E-state index is 14.1. The standard InChI is InChI=1S/C15H18FN3O4/c1-9(13(20)21)17-18-11-5-4-10(12(16)6-11)7-19-14(22)15(2,3)8-23-19/h4-6,18H,7-8H2,1-3H3,(H,20,21). The molecule has 1 amide bonds. The number of nitrogens with zero attached hydrogens (tertiary/aromatic N) is 2. The van der Waals surface area contributed by atoms with E-state index in [4.69, 9.17) is 9.94 Å². The number of hydrazone groups is 1. The van der Waals surface area contributed by atoms with Crippen LogP contribution in [0.25, 0.3) is 0 Å². The molecule has 2 rings (SSSR count). The summed E-state index contributed by atoms with van der Waals surface area (Å²) >= 11 is 0. The summed E-state index contributed by atoms with van der Waals surface area (Å²) in [7, 11) is 0. The third-order valence-corrected chi connectivity index (χ3v) is 3.42. The highest BCUT2D eigenvalue weighted by molar-refractivity contribution is 6.34. The molecule has 0 saturated carbocycles. The van der Waals surface area contributed by atoms with Gasteiger partial charge in [0.05, 0.1) is 24.3 Å². The van der Waals surface area contributed by atoms with Crippen LogP contribution in [0.15, 0.2) is 23.3 Å². The van der Waals surface area contributed by atoms with Crippen molar-refractivity contribution in [2.24, 2.45) is 10.5 Å². The van der Waals surface area contributed by atoms with Crippen LogP contribution in [0.1, 0.15) is 26.3 Å². The number of rotatable bonds is 5. The first-order chi connectivity index (χ1) is 10.7. The van der Waals surface area contributed by atoms with Crippen LogP contribution in [0.3, 0.4) is 0 Å². The molecule has 1 aromatic carbocycles. The van der Waals surface area contributed by atoms with E-state index in [-0.39, 0.29) is 24.8 Å². The highest BCUT2D eigenvalue weighted by Crippen LogP contribution is 2.28. The largest absolute Gasteiger partial charge is 0.477 e. The van der Waals surface area contributed by atoms with Crippen molar-refractivity contribution in [2.75, 3.05) is 12.0 Å². The van der Waals surface area contributed by atoms with Gasteiger partial charge in [-0.3, -0.25) is 15.1 Å². The van der Waals surface area contributed by atoms with Crippen molar-refractivity contribution in [1.29, 1.82) is 0 Å². The second-order valence-corrected chi connectivity index (χ2v) is 5.92. The van der Waals surface area contributed by atoms with Crippen LogP contribution < -0.4 is 5.43 Å². The molecule has 0 unspecified atom stereocenters. The topological polar surface area (TPSA) is 91.2 Å². The minimum Gasteiger partial charge on any atom is -0.477 e. The Morgan fingerprint density at radius 1 is 1.52 bits per heavy atom. The molecular formula is C15H18FN3O4. The second-order valence-electron chi connectivity index (χ2n) is 5.92. The number of nitrogens with one attached hydrogen (secondary N) is 1. The van der Waals surface area contributed by atoms with Gasteiger partial charge in [0.25, 0.3) is 5.91 Å². The van der Waals surface area contributed by atoms with Crippen LogP contribution in [0, 0.1) is 11.2 Å². The van der Waals surface area contributed by atoms with Crippen molar-refractivity contribution in [1.82, 2.24) is 5.06 Å². The van der Waals surface area contributed by atoms with E-state index in [9.17, 15) is 14.0 Å². The Kier molecular flexibility index (Phi) is 4.65. The molecule has 0 spiro atoms. The first-order valence-corrected chi connectivity index (χ1v) is 6.97. The van der Waals surface area contributed by atoms with Crippen molar-refractivity contribution in [3.8, 4) is 0 Å². The fourth-order valence-electron chi connectivity index (χ4n) is 1.91. The molecule has 2 N–H and O–H groups in total. The van der Waals surface area contributed by atoms with E-state index in [1.807, 2.05) is 0 Å². The van der Waals surface area contributed by atoms with Gasteiger partial charge in [-0.25, -0.2) is 14.2 Å². The van der Waals surface area contributed by atoms with Gasteiger partial charge in [0.2, 0.25) is 0 Å². The van der Waals surface area contributed by atoms with Gasteiger partial charge >= 0.3 is 5.97 Å². The Balaban J connectivity index is 2.07. The Bertz CT molecular complexity index is 673. The summed E-state index contributed by atoms with van der Waals surface area (Å²) < 4.78 is 14.1. The van der Waals surface area contributed by atoms with E-state index in [0.29, 0.717) is 11.3 Å². The monoisotopic (exact) mass is 323 g/mol. The average molecular weight is 323 g/mol. The molecule has 7 nitrogen and oxygen atoms in total. The van der Waals surface area contributed by atoms with E-state index in [1.165, 1.54) is 19.1 Å². The van der Waals surface area contributed by atoms with E-state index >= 15 is 0 Å². The number of halogens is 1. The summed E-state index contributed by atoms with van der Waals surface area (Å²) in [4.78, 5) is 28.0. The molecule has 1 saturated heterocycles. The molecule has 0 aromatic heterocycles. The minimum atomic E-state index is -1.16. The van der Waals surface area contributed by atoms with Crippen molar-refractivity contribution in [3.05, 3.63) is 29.6 Å². The Morgan fingerprint density at radius 3 is 2.74 bits per heavy atom. The van der Waals surface area contributed by atoms with E-state index < -0.39 is 17.2 Å². The highest BCUT2D eigenvalue weighted by atomic mass is 19.1. The molecule has 23 heavy (non-hydrogen) atoms. The van der Waals surface area contributed by atoms with Crippen LogP contribution in [-0.2, 0) is 21.0 Å². The van der Waals surface area contributed by atoms with E-state index in [1.54, 1.807) is 19.9 Å². The molecule has 1 fully saturated rings. The number of amides is 1. The van der Waals surface area contributed by atoms with Gasteiger partial charge in [0.1, 0.15) is 11.5 Å². The highest BCUT2D eigenvalue weighted by Gasteiger charge is 2.40. The Labute approximate surface area is 132 Å². The lowest BCUT2D eigenvalue weighted by atomic mass is 9.95. The number of benzene rings is 1.